The number of rotatable bonds is 2. The molecule has 0 spiro atoms. The average molecular weight is 261 g/mol. The summed E-state index contributed by atoms with van der Waals surface area (Å²) in [6.07, 6.45) is 0. The molecule has 5 nitrogen and oxygen atoms in total. The van der Waals surface area contributed by atoms with Gasteiger partial charge < -0.3 is 15.1 Å². The van der Waals surface area contributed by atoms with Crippen molar-refractivity contribution in [1.29, 1.82) is 0 Å². The van der Waals surface area contributed by atoms with Crippen molar-refractivity contribution in [2.24, 2.45) is 0 Å². The molecular formula is C14H19N3O2. The van der Waals surface area contributed by atoms with Crippen molar-refractivity contribution < 1.29 is 9.59 Å². The summed E-state index contributed by atoms with van der Waals surface area (Å²) in [7, 11) is 3.63. The van der Waals surface area contributed by atoms with Gasteiger partial charge in [0, 0.05) is 44.4 Å². The molecular weight excluding hydrogens is 242 g/mol. The molecule has 0 aromatic heterocycles. The van der Waals surface area contributed by atoms with Crippen molar-refractivity contribution in [3.8, 4) is 0 Å². The minimum absolute atomic E-state index is 0.00106. The van der Waals surface area contributed by atoms with Gasteiger partial charge in [-0.3, -0.25) is 9.59 Å². The second-order valence-electron chi connectivity index (χ2n) is 4.76. The molecule has 0 saturated carbocycles. The van der Waals surface area contributed by atoms with Crippen LogP contribution >= 0.6 is 0 Å². The monoisotopic (exact) mass is 261 g/mol. The van der Waals surface area contributed by atoms with Crippen molar-refractivity contribution in [3.63, 3.8) is 0 Å². The molecule has 1 N–H and O–H groups in total. The highest BCUT2D eigenvalue weighted by Crippen LogP contribution is 2.10. The molecule has 1 aliphatic heterocycles. The van der Waals surface area contributed by atoms with Gasteiger partial charge >= 0.3 is 0 Å². The van der Waals surface area contributed by atoms with E-state index in [2.05, 4.69) is 10.2 Å². The smallest absolute Gasteiger partial charge is 0.253 e. The second-order valence-corrected chi connectivity index (χ2v) is 4.76. The van der Waals surface area contributed by atoms with E-state index in [1.54, 1.807) is 31.3 Å². The molecule has 19 heavy (non-hydrogen) atoms. The van der Waals surface area contributed by atoms with Gasteiger partial charge in [0.15, 0.2) is 0 Å². The van der Waals surface area contributed by atoms with E-state index in [1.165, 1.54) is 0 Å². The number of amides is 2. The lowest BCUT2D eigenvalue weighted by atomic mass is 10.1. The molecule has 2 amide bonds. The Hall–Kier alpha value is -1.88. The highest BCUT2D eigenvalue weighted by molar-refractivity contribution is 5.99. The zero-order valence-electron chi connectivity index (χ0n) is 11.3. The second kappa shape index (κ2) is 5.84. The number of nitrogens with one attached hydrogen (secondary N) is 1. The SMILES string of the molecule is CNC(=O)c1cccc(C(=O)N2CCN(C)CC2)c1. The Morgan fingerprint density at radius 2 is 1.74 bits per heavy atom. The lowest BCUT2D eigenvalue weighted by Crippen LogP contribution is -2.47. The van der Waals surface area contributed by atoms with Gasteiger partial charge in [-0.25, -0.2) is 0 Å². The van der Waals surface area contributed by atoms with Crippen LogP contribution in [0.3, 0.4) is 0 Å². The Bertz CT molecular complexity index is 479. The first-order valence-corrected chi connectivity index (χ1v) is 6.42. The molecule has 1 saturated heterocycles. The first-order chi connectivity index (χ1) is 9.11. The van der Waals surface area contributed by atoms with E-state index in [1.807, 2.05) is 11.9 Å². The molecule has 2 rings (SSSR count). The average Bonchev–Trinajstić information content (AvgIpc) is 2.46. The quantitative estimate of drug-likeness (QED) is 0.840. The number of hydrogen-bond donors (Lipinski definition) is 1. The number of likely N-dealkylation sites (N-methyl/N-ethyl adjacent to an activating group) is 1. The van der Waals surface area contributed by atoms with E-state index >= 15 is 0 Å². The number of piperazine rings is 1. The molecule has 1 aromatic rings. The summed E-state index contributed by atoms with van der Waals surface area (Å²) in [5, 5.41) is 2.56. The van der Waals surface area contributed by atoms with Crippen LogP contribution < -0.4 is 5.32 Å². The van der Waals surface area contributed by atoms with Crippen LogP contribution in [-0.4, -0.2) is 61.9 Å². The molecule has 1 aliphatic rings. The summed E-state index contributed by atoms with van der Waals surface area (Å²) >= 11 is 0. The minimum Gasteiger partial charge on any atom is -0.355 e. The minimum atomic E-state index is -0.173. The Labute approximate surface area is 113 Å². The van der Waals surface area contributed by atoms with E-state index in [-0.39, 0.29) is 11.8 Å². The van der Waals surface area contributed by atoms with Crippen molar-refractivity contribution in [2.75, 3.05) is 40.3 Å². The molecule has 0 radical (unpaired) electrons. The van der Waals surface area contributed by atoms with Crippen molar-refractivity contribution in [2.45, 2.75) is 0 Å². The largest absolute Gasteiger partial charge is 0.355 e. The van der Waals surface area contributed by atoms with Gasteiger partial charge in [-0.15, -0.1) is 0 Å². The fourth-order valence-electron chi connectivity index (χ4n) is 2.13. The van der Waals surface area contributed by atoms with Gasteiger partial charge in [0.1, 0.15) is 0 Å². The molecule has 1 heterocycles. The first kappa shape index (κ1) is 13.5. The molecule has 0 atom stereocenters. The number of carbonyl (C=O) groups is 2. The molecule has 5 heteroatoms. The van der Waals surface area contributed by atoms with E-state index in [9.17, 15) is 9.59 Å². The Balaban J connectivity index is 2.13. The van der Waals surface area contributed by atoms with E-state index in [0.717, 1.165) is 26.2 Å². The third kappa shape index (κ3) is 3.12. The third-order valence-electron chi connectivity index (χ3n) is 3.39. The maximum atomic E-state index is 12.3. The third-order valence-corrected chi connectivity index (χ3v) is 3.39. The summed E-state index contributed by atoms with van der Waals surface area (Å²) in [6, 6.07) is 6.86. The normalized spacial score (nSPS) is 16.2. The molecule has 1 aromatic carbocycles. The summed E-state index contributed by atoms with van der Waals surface area (Å²) in [5.74, 6) is -0.174. The maximum Gasteiger partial charge on any atom is 0.253 e. The van der Waals surface area contributed by atoms with Crippen LogP contribution in [0.4, 0.5) is 0 Å². The van der Waals surface area contributed by atoms with Crippen LogP contribution in [-0.2, 0) is 0 Å². The van der Waals surface area contributed by atoms with Gasteiger partial charge in [-0.2, -0.15) is 0 Å². The van der Waals surface area contributed by atoms with Crippen molar-refractivity contribution >= 4 is 11.8 Å². The topological polar surface area (TPSA) is 52.7 Å². The highest BCUT2D eigenvalue weighted by atomic mass is 16.2. The van der Waals surface area contributed by atoms with Crippen LogP contribution in [0.1, 0.15) is 20.7 Å². The number of benzene rings is 1. The van der Waals surface area contributed by atoms with Crippen LogP contribution in [0.5, 0.6) is 0 Å². The van der Waals surface area contributed by atoms with Gasteiger partial charge in [-0.05, 0) is 25.2 Å². The standard InChI is InChI=1S/C14H19N3O2/c1-15-13(18)11-4-3-5-12(10-11)14(19)17-8-6-16(2)7-9-17/h3-5,10H,6-9H2,1-2H3,(H,15,18). The zero-order valence-corrected chi connectivity index (χ0v) is 11.3. The first-order valence-electron chi connectivity index (χ1n) is 6.42. The summed E-state index contributed by atoms with van der Waals surface area (Å²) in [5.41, 5.74) is 1.09. The fourth-order valence-corrected chi connectivity index (χ4v) is 2.13. The van der Waals surface area contributed by atoms with Crippen molar-refractivity contribution in [1.82, 2.24) is 15.1 Å². The van der Waals surface area contributed by atoms with Crippen LogP contribution in [0.15, 0.2) is 24.3 Å². The number of hydrogen-bond acceptors (Lipinski definition) is 3. The summed E-state index contributed by atoms with van der Waals surface area (Å²) in [6.45, 7) is 3.25. The van der Waals surface area contributed by atoms with E-state index < -0.39 is 0 Å². The fraction of sp³-hybridized carbons (Fsp3) is 0.429. The Morgan fingerprint density at radius 3 is 2.37 bits per heavy atom. The van der Waals surface area contributed by atoms with E-state index in [0.29, 0.717) is 11.1 Å². The lowest BCUT2D eigenvalue weighted by molar-refractivity contribution is 0.0664. The van der Waals surface area contributed by atoms with Crippen LogP contribution in [0, 0.1) is 0 Å². The molecule has 0 unspecified atom stereocenters. The van der Waals surface area contributed by atoms with Gasteiger partial charge in [0.25, 0.3) is 11.8 Å². The lowest BCUT2D eigenvalue weighted by Gasteiger charge is -2.32. The zero-order chi connectivity index (χ0) is 13.8. The molecule has 102 valence electrons. The Morgan fingerprint density at radius 1 is 1.11 bits per heavy atom. The van der Waals surface area contributed by atoms with Gasteiger partial charge in [0.2, 0.25) is 0 Å². The Kier molecular flexibility index (Phi) is 4.16. The highest BCUT2D eigenvalue weighted by Gasteiger charge is 2.20. The summed E-state index contributed by atoms with van der Waals surface area (Å²) < 4.78 is 0. The van der Waals surface area contributed by atoms with Crippen LogP contribution in [0.25, 0.3) is 0 Å². The predicted octanol–water partition coefficient (Wildman–Crippen LogP) is 0.434. The van der Waals surface area contributed by atoms with E-state index in [4.69, 9.17) is 0 Å². The predicted molar refractivity (Wildman–Crippen MR) is 73.2 cm³/mol. The number of nitrogens with zero attached hydrogens (tertiary/aromatic N) is 2. The van der Waals surface area contributed by atoms with Gasteiger partial charge in [-0.1, -0.05) is 6.07 Å². The van der Waals surface area contributed by atoms with Crippen molar-refractivity contribution in [3.05, 3.63) is 35.4 Å². The maximum absolute atomic E-state index is 12.3. The van der Waals surface area contributed by atoms with Gasteiger partial charge in [0.05, 0.1) is 0 Å². The van der Waals surface area contributed by atoms with Crippen LogP contribution in [0.2, 0.25) is 0 Å². The number of carbonyl (C=O) groups excluding carboxylic acids is 2. The molecule has 1 fully saturated rings. The molecule has 0 aliphatic carbocycles. The summed E-state index contributed by atoms with van der Waals surface area (Å²) in [4.78, 5) is 27.9. The molecule has 0 bridgehead atoms.